The van der Waals surface area contributed by atoms with E-state index in [1.807, 2.05) is 0 Å². The molecule has 8 nitrogen and oxygen atoms in total. The van der Waals surface area contributed by atoms with Crippen molar-refractivity contribution in [2.24, 2.45) is 0 Å². The van der Waals surface area contributed by atoms with Gasteiger partial charge in [-0.25, -0.2) is 0 Å². The van der Waals surface area contributed by atoms with Crippen molar-refractivity contribution in [3.63, 3.8) is 0 Å². The van der Waals surface area contributed by atoms with E-state index in [1.165, 1.54) is 30.3 Å². The maximum Gasteiger partial charge on any atom is 0.304 e. The number of benzene rings is 2. The smallest absolute Gasteiger partial charge is 0.304 e. The van der Waals surface area contributed by atoms with Gasteiger partial charge >= 0.3 is 5.97 Å². The molecule has 2 aromatic carbocycles. The van der Waals surface area contributed by atoms with Crippen molar-refractivity contribution in [2.45, 2.75) is 12.3 Å². The van der Waals surface area contributed by atoms with E-state index >= 15 is 0 Å². The van der Waals surface area contributed by atoms with Crippen LogP contribution in [0.25, 0.3) is 0 Å². The van der Waals surface area contributed by atoms with Crippen molar-refractivity contribution >= 4 is 17.4 Å². The van der Waals surface area contributed by atoms with E-state index in [4.69, 9.17) is 5.11 Å². The van der Waals surface area contributed by atoms with Crippen LogP contribution in [0.3, 0.4) is 0 Å². The monoisotopic (exact) mass is 331 g/mol. The van der Waals surface area contributed by atoms with Gasteiger partial charge in [-0.15, -0.1) is 0 Å². The molecule has 8 heteroatoms. The zero-order valence-electron chi connectivity index (χ0n) is 12.2. The molecule has 3 N–H and O–H groups in total. The number of carboxylic acid groups (broad SMARTS) is 1. The Labute approximate surface area is 135 Å². The molecule has 0 bridgehead atoms. The summed E-state index contributed by atoms with van der Waals surface area (Å²) in [6, 6.07) is 8.27. The molecule has 0 aliphatic carbocycles. The van der Waals surface area contributed by atoms with Crippen LogP contribution in [0, 0.1) is 10.1 Å². The molecule has 124 valence electrons. The van der Waals surface area contributed by atoms with Gasteiger partial charge < -0.3 is 15.3 Å². The number of aromatic hydroxyl groups is 2. The van der Waals surface area contributed by atoms with Gasteiger partial charge in [0, 0.05) is 12.1 Å². The molecule has 2 aromatic rings. The van der Waals surface area contributed by atoms with Gasteiger partial charge in [0.05, 0.1) is 22.8 Å². The van der Waals surface area contributed by atoms with Crippen LogP contribution in [0.4, 0.5) is 5.69 Å². The van der Waals surface area contributed by atoms with Gasteiger partial charge in [-0.2, -0.15) is 0 Å². The Morgan fingerprint density at radius 2 is 1.71 bits per heavy atom. The van der Waals surface area contributed by atoms with Gasteiger partial charge in [-0.1, -0.05) is 12.1 Å². The SMILES string of the molecule is O=C(O)CC(C(=O)c1cc(O)ccc1O)c1ccc([N+](=O)[O-])cc1. The quantitative estimate of drug-likeness (QED) is 0.320. The predicted molar refractivity (Wildman–Crippen MR) is 82.2 cm³/mol. The fourth-order valence-corrected chi connectivity index (χ4v) is 2.27. The van der Waals surface area contributed by atoms with Crippen molar-refractivity contribution in [3.05, 3.63) is 63.7 Å². The standard InChI is InChI=1S/C16H13NO7/c18-11-5-6-14(19)13(7-11)16(22)12(8-15(20)21)9-1-3-10(4-2-9)17(23)24/h1-7,12,18-19H,8H2,(H,20,21). The number of non-ortho nitro benzene ring substituents is 1. The molecule has 0 saturated heterocycles. The molecule has 1 unspecified atom stereocenters. The van der Waals surface area contributed by atoms with E-state index in [-0.39, 0.29) is 22.6 Å². The summed E-state index contributed by atoms with van der Waals surface area (Å²) >= 11 is 0. The van der Waals surface area contributed by atoms with Gasteiger partial charge in [-0.05, 0) is 23.8 Å². The molecule has 0 aliphatic rings. The number of ketones is 1. The molecule has 1 atom stereocenters. The molecule has 0 spiro atoms. The first-order valence-electron chi connectivity index (χ1n) is 6.82. The molecular formula is C16H13NO7. The van der Waals surface area contributed by atoms with E-state index < -0.39 is 34.8 Å². The highest BCUT2D eigenvalue weighted by atomic mass is 16.6. The highest BCUT2D eigenvalue weighted by Gasteiger charge is 2.27. The summed E-state index contributed by atoms with van der Waals surface area (Å²) in [5.41, 5.74) is -0.157. The zero-order valence-corrected chi connectivity index (χ0v) is 12.2. The lowest BCUT2D eigenvalue weighted by Crippen LogP contribution is -2.17. The minimum atomic E-state index is -1.24. The molecule has 2 rings (SSSR count). The van der Waals surface area contributed by atoms with Crippen molar-refractivity contribution in [2.75, 3.05) is 0 Å². The summed E-state index contributed by atoms with van der Waals surface area (Å²) in [6.07, 6.45) is -0.564. The summed E-state index contributed by atoms with van der Waals surface area (Å²) in [7, 11) is 0. The Morgan fingerprint density at radius 1 is 1.08 bits per heavy atom. The summed E-state index contributed by atoms with van der Waals surface area (Å²) in [5, 5.41) is 39.0. The second kappa shape index (κ2) is 6.78. The summed E-state index contributed by atoms with van der Waals surface area (Å²) in [5.74, 6) is -3.76. The Bertz CT molecular complexity index is 799. The third-order valence-electron chi connectivity index (χ3n) is 3.45. The van der Waals surface area contributed by atoms with Crippen LogP contribution in [0.15, 0.2) is 42.5 Å². The molecule has 0 aliphatic heterocycles. The van der Waals surface area contributed by atoms with Crippen molar-refractivity contribution in [3.8, 4) is 11.5 Å². The molecule has 0 saturated carbocycles. The van der Waals surface area contributed by atoms with Crippen molar-refractivity contribution < 1.29 is 29.8 Å². The lowest BCUT2D eigenvalue weighted by Gasteiger charge is -2.15. The first-order chi connectivity index (χ1) is 11.3. The van der Waals surface area contributed by atoms with Crippen LogP contribution in [-0.4, -0.2) is 32.0 Å². The number of phenols is 2. The number of phenolic OH excluding ortho intramolecular Hbond substituents is 2. The second-order valence-corrected chi connectivity index (χ2v) is 5.06. The van der Waals surface area contributed by atoms with Crippen molar-refractivity contribution in [1.29, 1.82) is 0 Å². The van der Waals surface area contributed by atoms with Crippen LogP contribution >= 0.6 is 0 Å². The van der Waals surface area contributed by atoms with Crippen LogP contribution in [-0.2, 0) is 4.79 Å². The third-order valence-corrected chi connectivity index (χ3v) is 3.45. The number of nitro benzene ring substituents is 1. The highest BCUT2D eigenvalue weighted by Crippen LogP contribution is 2.31. The number of hydrogen-bond acceptors (Lipinski definition) is 6. The second-order valence-electron chi connectivity index (χ2n) is 5.06. The Morgan fingerprint density at radius 3 is 2.25 bits per heavy atom. The number of carbonyl (C=O) groups is 2. The van der Waals surface area contributed by atoms with Crippen molar-refractivity contribution in [1.82, 2.24) is 0 Å². The Kier molecular flexibility index (Phi) is 4.78. The van der Waals surface area contributed by atoms with Gasteiger partial charge in [0.1, 0.15) is 11.5 Å². The molecule has 0 heterocycles. The lowest BCUT2D eigenvalue weighted by molar-refractivity contribution is -0.384. The predicted octanol–water partition coefficient (Wildman–Crippen LogP) is 2.45. The van der Waals surface area contributed by atoms with Crippen LogP contribution in [0.5, 0.6) is 11.5 Å². The van der Waals surface area contributed by atoms with Gasteiger partial charge in [0.15, 0.2) is 5.78 Å². The number of rotatable bonds is 6. The summed E-state index contributed by atoms with van der Waals surface area (Å²) in [4.78, 5) is 33.7. The van der Waals surface area contributed by atoms with Gasteiger partial charge in [0.25, 0.3) is 5.69 Å². The largest absolute Gasteiger partial charge is 0.508 e. The van der Waals surface area contributed by atoms with E-state index in [1.54, 1.807) is 0 Å². The Balaban J connectivity index is 2.44. The van der Waals surface area contributed by atoms with Crippen LogP contribution in [0.2, 0.25) is 0 Å². The van der Waals surface area contributed by atoms with Gasteiger partial charge in [-0.3, -0.25) is 19.7 Å². The minimum absolute atomic E-state index is 0.194. The summed E-state index contributed by atoms with van der Waals surface area (Å²) < 4.78 is 0. The average Bonchev–Trinajstić information content (AvgIpc) is 2.54. The zero-order chi connectivity index (χ0) is 17.9. The maximum atomic E-state index is 12.6. The average molecular weight is 331 g/mol. The Hall–Kier alpha value is -3.42. The van der Waals surface area contributed by atoms with Gasteiger partial charge in [0.2, 0.25) is 0 Å². The molecule has 0 amide bonds. The molecule has 0 radical (unpaired) electrons. The summed E-state index contributed by atoms with van der Waals surface area (Å²) in [6.45, 7) is 0. The number of nitrogens with zero attached hydrogens (tertiary/aromatic N) is 1. The van der Waals surface area contributed by atoms with E-state index in [9.17, 15) is 29.9 Å². The number of Topliss-reactive ketones (excluding diaryl/α,β-unsaturated/α-hetero) is 1. The third kappa shape index (κ3) is 3.67. The fraction of sp³-hybridized carbons (Fsp3) is 0.125. The first-order valence-corrected chi connectivity index (χ1v) is 6.82. The number of aliphatic carboxylic acids is 1. The minimum Gasteiger partial charge on any atom is -0.508 e. The van der Waals surface area contributed by atoms with E-state index in [0.29, 0.717) is 0 Å². The maximum absolute atomic E-state index is 12.6. The molecule has 0 fully saturated rings. The van der Waals surface area contributed by atoms with Crippen LogP contribution in [0.1, 0.15) is 28.3 Å². The normalized spacial score (nSPS) is 11.7. The molecular weight excluding hydrogens is 318 g/mol. The molecule has 0 aromatic heterocycles. The van der Waals surface area contributed by atoms with E-state index in [2.05, 4.69) is 0 Å². The first kappa shape index (κ1) is 16.9. The fourth-order valence-electron chi connectivity index (χ4n) is 2.27. The van der Waals surface area contributed by atoms with Crippen LogP contribution < -0.4 is 0 Å². The van der Waals surface area contributed by atoms with E-state index in [0.717, 1.165) is 12.1 Å². The number of carbonyl (C=O) groups excluding carboxylic acids is 1. The highest BCUT2D eigenvalue weighted by molar-refractivity contribution is 6.04. The number of hydrogen-bond donors (Lipinski definition) is 3. The number of nitro groups is 1. The number of carboxylic acids is 1. The molecule has 24 heavy (non-hydrogen) atoms. The lowest BCUT2D eigenvalue weighted by atomic mass is 9.87. The topological polar surface area (TPSA) is 138 Å².